The SMILES string of the molecule is [2H]O[C@@]([2H])(C([2H])([2H])S[2H])[C@@]([2H])(O[2H])C([2H])([2H])S[2H]. The topological polar surface area (TPSA) is 40.5 Å². The normalized spacial score (nSPS) is 47.0. The fourth-order valence-corrected chi connectivity index (χ4v) is 0.278. The summed E-state index contributed by atoms with van der Waals surface area (Å²) in [5, 5.41) is 7.54. The molecule has 4 heteroatoms. The van der Waals surface area contributed by atoms with E-state index in [1.165, 1.54) is 0 Å². The maximum atomic E-state index is 7.59. The van der Waals surface area contributed by atoms with E-state index in [2.05, 4.69) is 10.2 Å². The Kier molecular flexibility index (Phi) is 0.906. The molecule has 0 bridgehead atoms. The molecule has 0 saturated carbocycles. The van der Waals surface area contributed by atoms with Gasteiger partial charge in [0.2, 0.25) is 2.86 Å². The second-order valence-corrected chi connectivity index (χ2v) is 1.27. The van der Waals surface area contributed by atoms with Gasteiger partial charge in [-0.15, -0.1) is 0 Å². The molecule has 0 rings (SSSR count). The summed E-state index contributed by atoms with van der Waals surface area (Å²) in [4.78, 5) is 0. The molecule has 50 valence electrons. The molecule has 0 aliphatic rings. The molecule has 0 saturated heterocycles. The average molecular weight is 164 g/mol. The van der Waals surface area contributed by atoms with Gasteiger partial charge in [0.05, 0.1) is 14.9 Å². The molecular weight excluding hydrogens is 144 g/mol. The fraction of sp³-hybridized carbons (Fsp3) is 1.00. The largest absolute Gasteiger partial charge is 0.390 e. The molecule has 0 radical (unpaired) electrons. The Morgan fingerprint density at radius 2 is 2.12 bits per heavy atom. The van der Waals surface area contributed by atoms with Crippen LogP contribution in [0.25, 0.3) is 0 Å². The van der Waals surface area contributed by atoms with Crippen LogP contribution in [-0.4, -0.2) is 38.9 Å². The van der Waals surface area contributed by atoms with E-state index in [0.29, 0.717) is 0 Å². The zero-order chi connectivity index (χ0) is 14.8. The zero-order valence-electron chi connectivity index (χ0n) is 13.6. The summed E-state index contributed by atoms with van der Waals surface area (Å²) in [5.41, 5.74) is -6.08. The van der Waals surface area contributed by atoms with Gasteiger partial charge in [0.15, 0.2) is 0 Å². The van der Waals surface area contributed by atoms with Crippen LogP contribution in [0, 0.1) is 0 Å². The number of thiol groups is 2. The molecule has 2 N–H and O–H groups in total. The first-order chi connectivity index (χ1) is 7.99. The highest BCUT2D eigenvalue weighted by atomic mass is 32.1. The molecule has 0 aliphatic heterocycles. The third kappa shape index (κ3) is 2.81. The maximum Gasteiger partial charge on any atom is 0.211 e. The van der Waals surface area contributed by atoms with E-state index in [-0.39, 0.29) is 25.1 Å². The standard InChI is InChI=1S/C4H10O2S2/c5-3(1-7)4(6)2-8/h3-8H,1-2H2/t3-,4-/m0/s1/i1D2,2D2,3D,4D,5D,6D/hD2. The molecule has 0 aromatic heterocycles. The van der Waals surface area contributed by atoms with Crippen LogP contribution in [-0.2, 0) is 0 Å². The second-order valence-electron chi connectivity index (χ2n) is 0.862. The Morgan fingerprint density at radius 3 is 2.38 bits per heavy atom. The van der Waals surface area contributed by atoms with Gasteiger partial charge in [0, 0.05) is 16.9 Å². The Morgan fingerprint density at radius 1 is 1.62 bits per heavy atom. The minimum Gasteiger partial charge on any atom is -0.390 e. The molecular formula is C4H10O2S2. The minimum absolute atomic E-state index is 0.342. The molecule has 0 fully saturated rings. The Balaban J connectivity index is 5.89. The summed E-state index contributed by atoms with van der Waals surface area (Å²) in [7, 11) is 0. The van der Waals surface area contributed by atoms with Crippen molar-refractivity contribution in [3.63, 3.8) is 0 Å². The first kappa shape index (κ1) is 1.61. The molecule has 0 aliphatic carbocycles. The second kappa shape index (κ2) is 4.49. The number of hydrogen-bond acceptors (Lipinski definition) is 4. The number of rotatable bonds is 7. The van der Waals surface area contributed by atoms with Gasteiger partial charge in [0.25, 0.3) is 0 Å². The van der Waals surface area contributed by atoms with Gasteiger partial charge >= 0.3 is 0 Å². The molecule has 0 heterocycles. The lowest BCUT2D eigenvalue weighted by molar-refractivity contribution is 0.0504. The van der Waals surface area contributed by atoms with E-state index in [1.807, 2.05) is 0 Å². The fourth-order valence-electron chi connectivity index (χ4n) is 0.0927. The van der Waals surface area contributed by atoms with Crippen LogP contribution >= 0.6 is 25.1 Å². The number of hydrogen-bond donors (Lipinski definition) is 4. The Hall–Kier alpha value is 0.620. The predicted octanol–water partition coefficient (Wildman–Crippen LogP) is -0.432. The van der Waals surface area contributed by atoms with Gasteiger partial charge in [-0.2, -0.15) is 25.1 Å². The predicted molar refractivity (Wildman–Crippen MR) is 39.7 cm³/mol. The van der Waals surface area contributed by atoms with Crippen molar-refractivity contribution in [2.45, 2.75) is 12.2 Å². The molecule has 2 atom stereocenters. The molecule has 2 nitrogen and oxygen atoms in total. The lowest BCUT2D eigenvalue weighted by Crippen LogP contribution is -2.28. The van der Waals surface area contributed by atoms with E-state index in [0.717, 1.165) is 0 Å². The van der Waals surface area contributed by atoms with Crippen LogP contribution in [0.15, 0.2) is 0 Å². The van der Waals surface area contributed by atoms with Crippen LogP contribution in [0.5, 0.6) is 0 Å². The average Bonchev–Trinajstić information content (AvgIpc) is 2.35. The maximum absolute atomic E-state index is 7.59. The third-order valence-corrected chi connectivity index (χ3v) is 0.762. The van der Waals surface area contributed by atoms with Gasteiger partial charge < -0.3 is 10.2 Å². The summed E-state index contributed by atoms with van der Waals surface area (Å²) in [5.74, 6) is 0. The van der Waals surface area contributed by atoms with Crippen molar-refractivity contribution in [3.8, 4) is 0 Å². The van der Waals surface area contributed by atoms with Crippen LogP contribution < -0.4 is 0 Å². The van der Waals surface area contributed by atoms with E-state index in [9.17, 15) is 0 Å². The van der Waals surface area contributed by atoms with E-state index in [1.54, 1.807) is 0 Å². The van der Waals surface area contributed by atoms with Crippen molar-refractivity contribution in [1.82, 2.24) is 0 Å². The van der Waals surface area contributed by atoms with Gasteiger partial charge in [-0.1, -0.05) is 0 Å². The minimum atomic E-state index is -3.36. The lowest BCUT2D eigenvalue weighted by Gasteiger charge is -2.11. The van der Waals surface area contributed by atoms with Gasteiger partial charge in [-0.25, -0.2) is 0 Å². The molecule has 8 heavy (non-hydrogen) atoms. The molecule has 0 spiro atoms. The Labute approximate surface area is 73.3 Å². The summed E-state index contributed by atoms with van der Waals surface area (Å²) < 4.78 is 71.6. The van der Waals surface area contributed by atoms with E-state index in [4.69, 9.17) is 13.3 Å². The van der Waals surface area contributed by atoms with Crippen LogP contribution in [0.4, 0.5) is 0 Å². The smallest absolute Gasteiger partial charge is 0.211 e. The zero-order valence-corrected chi connectivity index (χ0v) is 5.27. The lowest BCUT2D eigenvalue weighted by atomic mass is 10.3. The molecule has 0 unspecified atom stereocenters. The van der Waals surface area contributed by atoms with Crippen LogP contribution in [0.1, 0.15) is 8.22 Å². The van der Waals surface area contributed by atoms with Gasteiger partial charge in [-0.3, -0.25) is 0 Å². The van der Waals surface area contributed by atoms with E-state index < -0.39 is 23.6 Å². The van der Waals surface area contributed by atoms with E-state index >= 15 is 0 Å². The van der Waals surface area contributed by atoms with Crippen LogP contribution in [0.2, 0.25) is 0 Å². The van der Waals surface area contributed by atoms with Crippen molar-refractivity contribution in [1.29, 1.82) is 5.11 Å². The number of aliphatic hydroxyl groups is 2. The molecule has 0 aromatic rings. The first-order valence-electron chi connectivity index (χ1n) is 6.20. The highest BCUT2D eigenvalue weighted by molar-refractivity contribution is 7.80. The van der Waals surface area contributed by atoms with Crippen molar-refractivity contribution in [2.75, 3.05) is 11.4 Å². The Bertz CT molecular complexity index is 263. The third-order valence-electron chi connectivity index (χ3n) is 0.392. The van der Waals surface area contributed by atoms with Crippen molar-refractivity contribution in [2.24, 2.45) is 0 Å². The highest BCUT2D eigenvalue weighted by Gasteiger charge is 2.10. The summed E-state index contributed by atoms with van der Waals surface area (Å²) in [6.45, 7) is 0. The van der Waals surface area contributed by atoms with Crippen molar-refractivity contribution in [3.05, 3.63) is 0 Å². The molecule has 0 aromatic carbocycles. The summed E-state index contributed by atoms with van der Waals surface area (Å²) in [6.07, 6.45) is -6.71. The van der Waals surface area contributed by atoms with Crippen LogP contribution in [0.3, 0.4) is 0 Å². The summed E-state index contributed by atoms with van der Waals surface area (Å²) in [6, 6.07) is 0. The quantitative estimate of drug-likeness (QED) is 0.386. The first-order valence-corrected chi connectivity index (χ1v) is 2.38. The molecule has 0 amide bonds. The van der Waals surface area contributed by atoms with Gasteiger partial charge in [0.1, 0.15) is 2.25 Å². The highest BCUT2D eigenvalue weighted by Crippen LogP contribution is 1.96. The van der Waals surface area contributed by atoms with Crippen molar-refractivity contribution >= 4 is 25.1 Å². The monoisotopic (exact) mass is 164 g/mol. The van der Waals surface area contributed by atoms with Gasteiger partial charge in [-0.05, 0) is 0 Å². The summed E-state index contributed by atoms with van der Waals surface area (Å²) >= 11 is -0.684. The van der Waals surface area contributed by atoms with Crippen molar-refractivity contribution < 1.29 is 18.4 Å².